The van der Waals surface area contributed by atoms with Crippen LogP contribution in [0.1, 0.15) is 34.1 Å². The predicted molar refractivity (Wildman–Crippen MR) is 90.7 cm³/mol. The fourth-order valence-corrected chi connectivity index (χ4v) is 3.40. The molecule has 6 heteroatoms. The molecule has 25 heavy (non-hydrogen) atoms. The number of amides is 1. The molecule has 0 bridgehead atoms. The van der Waals surface area contributed by atoms with Crippen molar-refractivity contribution in [3.05, 3.63) is 71.4 Å². The largest absolute Gasteiger partial charge is 0.391 e. The van der Waals surface area contributed by atoms with Gasteiger partial charge in [0.2, 0.25) is 0 Å². The smallest absolute Gasteiger partial charge is 0.274 e. The molecular weight excluding hydrogens is 321 g/mol. The normalized spacial score (nSPS) is 20.4. The molecule has 1 aliphatic rings. The molecular formula is C19H18FN3O2. The van der Waals surface area contributed by atoms with Crippen molar-refractivity contribution >= 4 is 11.6 Å². The van der Waals surface area contributed by atoms with Crippen LogP contribution in [0.25, 0.3) is 5.65 Å². The highest BCUT2D eigenvalue weighted by Gasteiger charge is 2.36. The van der Waals surface area contributed by atoms with Gasteiger partial charge in [0.05, 0.1) is 12.1 Å². The zero-order valence-electron chi connectivity index (χ0n) is 13.8. The van der Waals surface area contributed by atoms with Gasteiger partial charge in [-0.2, -0.15) is 0 Å². The third-order valence-corrected chi connectivity index (χ3v) is 4.61. The topological polar surface area (TPSA) is 57.8 Å². The Morgan fingerprint density at radius 2 is 2.16 bits per heavy atom. The number of hydrogen-bond acceptors (Lipinski definition) is 3. The molecule has 1 aromatic carbocycles. The predicted octanol–water partition coefficient (Wildman–Crippen LogP) is 2.73. The van der Waals surface area contributed by atoms with E-state index in [0.29, 0.717) is 23.3 Å². The average Bonchev–Trinajstić information content (AvgIpc) is 3.17. The molecule has 0 aliphatic carbocycles. The fraction of sp³-hybridized carbons (Fsp3) is 0.263. The highest BCUT2D eigenvalue weighted by atomic mass is 19.1. The van der Waals surface area contributed by atoms with E-state index >= 15 is 0 Å². The summed E-state index contributed by atoms with van der Waals surface area (Å²) in [6, 6.07) is 9.66. The van der Waals surface area contributed by atoms with E-state index in [1.165, 1.54) is 12.1 Å². The van der Waals surface area contributed by atoms with Crippen molar-refractivity contribution in [3.8, 4) is 0 Å². The number of halogens is 1. The zero-order chi connectivity index (χ0) is 17.6. The third-order valence-electron chi connectivity index (χ3n) is 4.61. The summed E-state index contributed by atoms with van der Waals surface area (Å²) < 4.78 is 15.4. The van der Waals surface area contributed by atoms with Crippen molar-refractivity contribution in [2.75, 3.05) is 6.54 Å². The number of fused-ring (bicyclic) bond motifs is 1. The van der Waals surface area contributed by atoms with Crippen molar-refractivity contribution in [2.24, 2.45) is 0 Å². The number of aliphatic hydroxyl groups excluding tert-OH is 1. The summed E-state index contributed by atoms with van der Waals surface area (Å²) in [7, 11) is 0. The molecule has 1 amide bonds. The van der Waals surface area contributed by atoms with E-state index in [-0.39, 0.29) is 24.3 Å². The van der Waals surface area contributed by atoms with Crippen LogP contribution in [0.3, 0.4) is 0 Å². The van der Waals surface area contributed by atoms with Gasteiger partial charge in [-0.15, -0.1) is 0 Å². The molecule has 1 N–H and O–H groups in total. The van der Waals surface area contributed by atoms with Crippen molar-refractivity contribution in [1.82, 2.24) is 14.3 Å². The van der Waals surface area contributed by atoms with Gasteiger partial charge in [0.25, 0.3) is 5.91 Å². The quantitative estimate of drug-likeness (QED) is 0.781. The number of aryl methyl sites for hydroxylation is 1. The number of benzene rings is 1. The van der Waals surface area contributed by atoms with Crippen LogP contribution in [0.5, 0.6) is 0 Å². The van der Waals surface area contributed by atoms with Crippen LogP contribution in [0.2, 0.25) is 0 Å². The summed E-state index contributed by atoms with van der Waals surface area (Å²) in [5, 5.41) is 10.1. The number of carbonyl (C=O) groups excluding carboxylic acids is 1. The van der Waals surface area contributed by atoms with Crippen LogP contribution in [-0.2, 0) is 0 Å². The number of carbonyl (C=O) groups is 1. The summed E-state index contributed by atoms with van der Waals surface area (Å²) in [6.07, 6.45) is 3.31. The van der Waals surface area contributed by atoms with Gasteiger partial charge in [-0.25, -0.2) is 9.37 Å². The second kappa shape index (κ2) is 5.97. The lowest BCUT2D eigenvalue weighted by Crippen LogP contribution is -2.32. The maximum Gasteiger partial charge on any atom is 0.274 e. The Bertz CT molecular complexity index is 953. The summed E-state index contributed by atoms with van der Waals surface area (Å²) in [4.78, 5) is 18.9. The second-order valence-electron chi connectivity index (χ2n) is 6.51. The standard InChI is InChI=1S/C19H18FN3O2/c1-12-5-6-22-11-16(21-18(22)7-12)19(25)23-10-15(24)9-17(23)13-3-2-4-14(20)8-13/h2-8,11,15,17,24H,9-10H2,1H3/t15-,17+/m1/s1. The van der Waals surface area contributed by atoms with Crippen molar-refractivity contribution in [3.63, 3.8) is 0 Å². The first-order chi connectivity index (χ1) is 12.0. The van der Waals surface area contributed by atoms with E-state index in [9.17, 15) is 14.3 Å². The number of hydrogen-bond donors (Lipinski definition) is 1. The fourth-order valence-electron chi connectivity index (χ4n) is 3.40. The highest BCUT2D eigenvalue weighted by Crippen LogP contribution is 2.33. The van der Waals surface area contributed by atoms with Gasteiger partial charge in [0.15, 0.2) is 0 Å². The number of pyridine rings is 1. The first kappa shape index (κ1) is 15.8. The van der Waals surface area contributed by atoms with Gasteiger partial charge in [0.1, 0.15) is 17.2 Å². The maximum atomic E-state index is 13.6. The van der Waals surface area contributed by atoms with E-state index in [1.54, 1.807) is 27.6 Å². The SMILES string of the molecule is Cc1ccn2cc(C(=O)N3C[C@H](O)C[C@H]3c3cccc(F)c3)nc2c1. The van der Waals surface area contributed by atoms with Crippen LogP contribution in [-0.4, -0.2) is 37.9 Å². The minimum Gasteiger partial charge on any atom is -0.391 e. The Labute approximate surface area is 144 Å². The molecule has 0 unspecified atom stereocenters. The van der Waals surface area contributed by atoms with Crippen LogP contribution in [0.15, 0.2) is 48.8 Å². The number of imidazole rings is 1. The van der Waals surface area contributed by atoms with Gasteiger partial charge in [0, 0.05) is 18.9 Å². The van der Waals surface area contributed by atoms with E-state index in [2.05, 4.69) is 4.98 Å². The molecule has 3 aromatic rings. The molecule has 0 spiro atoms. The molecule has 2 atom stereocenters. The summed E-state index contributed by atoms with van der Waals surface area (Å²) in [5.74, 6) is -0.610. The van der Waals surface area contributed by atoms with Crippen LogP contribution >= 0.6 is 0 Å². The monoisotopic (exact) mass is 339 g/mol. The van der Waals surface area contributed by atoms with Crippen LogP contribution in [0, 0.1) is 12.7 Å². The zero-order valence-corrected chi connectivity index (χ0v) is 13.8. The molecule has 128 valence electrons. The molecule has 4 rings (SSSR count). The van der Waals surface area contributed by atoms with E-state index in [4.69, 9.17) is 0 Å². The lowest BCUT2D eigenvalue weighted by Gasteiger charge is -2.24. The van der Waals surface area contributed by atoms with Crippen molar-refractivity contribution in [1.29, 1.82) is 0 Å². The molecule has 1 saturated heterocycles. The molecule has 1 aliphatic heterocycles. The third kappa shape index (κ3) is 2.89. The summed E-state index contributed by atoms with van der Waals surface area (Å²) >= 11 is 0. The van der Waals surface area contributed by atoms with Crippen LogP contribution in [0.4, 0.5) is 4.39 Å². The highest BCUT2D eigenvalue weighted by molar-refractivity contribution is 5.93. The van der Waals surface area contributed by atoms with Crippen LogP contribution < -0.4 is 0 Å². The van der Waals surface area contributed by atoms with Gasteiger partial charge in [-0.1, -0.05) is 12.1 Å². The Hall–Kier alpha value is -2.73. The van der Waals surface area contributed by atoms with Gasteiger partial charge in [-0.3, -0.25) is 4.79 Å². The lowest BCUT2D eigenvalue weighted by atomic mass is 10.0. The Balaban J connectivity index is 1.69. The molecule has 3 heterocycles. The van der Waals surface area contributed by atoms with E-state index in [0.717, 1.165) is 5.56 Å². The Morgan fingerprint density at radius 1 is 1.32 bits per heavy atom. The number of aromatic nitrogens is 2. The molecule has 1 fully saturated rings. The molecule has 5 nitrogen and oxygen atoms in total. The molecule has 0 saturated carbocycles. The van der Waals surface area contributed by atoms with E-state index < -0.39 is 6.10 Å². The maximum absolute atomic E-state index is 13.6. The first-order valence-electron chi connectivity index (χ1n) is 8.21. The Kier molecular flexibility index (Phi) is 3.77. The number of rotatable bonds is 2. The molecule has 2 aromatic heterocycles. The number of β-amino-alcohol motifs (C(OH)–C–C–N with tert-alkyl or cyclic N) is 1. The van der Waals surface area contributed by atoms with Gasteiger partial charge >= 0.3 is 0 Å². The minimum absolute atomic E-state index is 0.215. The van der Waals surface area contributed by atoms with Gasteiger partial charge < -0.3 is 14.4 Å². The van der Waals surface area contributed by atoms with Gasteiger partial charge in [-0.05, 0) is 48.7 Å². The number of nitrogens with zero attached hydrogens (tertiary/aromatic N) is 3. The minimum atomic E-state index is -0.628. The average molecular weight is 339 g/mol. The number of aliphatic hydroxyl groups is 1. The summed E-state index contributed by atoms with van der Waals surface area (Å²) in [6.45, 7) is 2.18. The number of likely N-dealkylation sites (tertiary alicyclic amines) is 1. The van der Waals surface area contributed by atoms with E-state index in [1.807, 2.05) is 25.3 Å². The Morgan fingerprint density at radius 3 is 2.96 bits per heavy atom. The lowest BCUT2D eigenvalue weighted by molar-refractivity contribution is 0.0710. The molecule has 0 radical (unpaired) electrons. The summed E-state index contributed by atoms with van der Waals surface area (Å²) in [5.41, 5.74) is 2.77. The second-order valence-corrected chi connectivity index (χ2v) is 6.51. The van der Waals surface area contributed by atoms with Crippen molar-refractivity contribution < 1.29 is 14.3 Å². The van der Waals surface area contributed by atoms with Crippen molar-refractivity contribution in [2.45, 2.75) is 25.5 Å². The first-order valence-corrected chi connectivity index (χ1v) is 8.21.